The molecule has 0 aliphatic carbocycles. The van der Waals surface area contributed by atoms with Crippen molar-refractivity contribution in [3.05, 3.63) is 17.7 Å². The molecular weight excluding hydrogens is 155 g/mol. The van der Waals surface area contributed by atoms with Crippen molar-refractivity contribution in [1.82, 2.24) is 9.78 Å². The SMILES string of the molecule is C#CCn1n[c]c(F)c1C(C)C. The van der Waals surface area contributed by atoms with E-state index in [1.807, 2.05) is 13.8 Å². The Morgan fingerprint density at radius 1 is 1.75 bits per heavy atom. The van der Waals surface area contributed by atoms with Crippen LogP contribution in [0.15, 0.2) is 0 Å². The zero-order chi connectivity index (χ0) is 9.14. The maximum Gasteiger partial charge on any atom is 0.174 e. The Hall–Kier alpha value is -1.30. The first-order valence-electron chi connectivity index (χ1n) is 3.74. The highest BCUT2D eigenvalue weighted by molar-refractivity contribution is 5.09. The summed E-state index contributed by atoms with van der Waals surface area (Å²) < 4.78 is 14.4. The van der Waals surface area contributed by atoms with Gasteiger partial charge in [-0.1, -0.05) is 19.8 Å². The lowest BCUT2D eigenvalue weighted by atomic mass is 10.1. The number of hydrogen-bond acceptors (Lipinski definition) is 1. The van der Waals surface area contributed by atoms with E-state index in [-0.39, 0.29) is 5.92 Å². The first-order chi connectivity index (χ1) is 5.66. The fourth-order valence-corrected chi connectivity index (χ4v) is 1.09. The van der Waals surface area contributed by atoms with Gasteiger partial charge in [0.25, 0.3) is 0 Å². The highest BCUT2D eigenvalue weighted by atomic mass is 19.1. The fourth-order valence-electron chi connectivity index (χ4n) is 1.09. The molecule has 0 spiro atoms. The van der Waals surface area contributed by atoms with Crippen molar-refractivity contribution in [3.63, 3.8) is 0 Å². The van der Waals surface area contributed by atoms with Gasteiger partial charge in [-0.25, -0.2) is 4.39 Å². The minimum atomic E-state index is -0.403. The summed E-state index contributed by atoms with van der Waals surface area (Å²) in [7, 11) is 0. The van der Waals surface area contributed by atoms with Gasteiger partial charge in [-0.15, -0.1) is 6.42 Å². The lowest BCUT2D eigenvalue weighted by Gasteiger charge is -2.06. The average Bonchev–Trinajstić information content (AvgIpc) is 2.32. The topological polar surface area (TPSA) is 17.8 Å². The molecule has 0 bridgehead atoms. The number of nitrogens with zero attached hydrogens (tertiary/aromatic N) is 2. The van der Waals surface area contributed by atoms with Gasteiger partial charge in [0, 0.05) is 0 Å². The van der Waals surface area contributed by atoms with Crippen LogP contribution < -0.4 is 0 Å². The van der Waals surface area contributed by atoms with Crippen LogP contribution in [0.1, 0.15) is 25.5 Å². The maximum absolute atomic E-state index is 13.0. The van der Waals surface area contributed by atoms with E-state index in [1.165, 1.54) is 4.68 Å². The van der Waals surface area contributed by atoms with Crippen molar-refractivity contribution >= 4 is 0 Å². The van der Waals surface area contributed by atoms with E-state index in [4.69, 9.17) is 6.42 Å². The van der Waals surface area contributed by atoms with E-state index in [1.54, 1.807) is 0 Å². The summed E-state index contributed by atoms with van der Waals surface area (Å²) in [5.41, 5.74) is 0.521. The minimum absolute atomic E-state index is 0.0806. The molecule has 0 saturated carbocycles. The van der Waals surface area contributed by atoms with Crippen LogP contribution in [0, 0.1) is 24.4 Å². The van der Waals surface area contributed by atoms with Crippen LogP contribution in [-0.4, -0.2) is 9.78 Å². The largest absolute Gasteiger partial charge is 0.254 e. The highest BCUT2D eigenvalue weighted by Crippen LogP contribution is 2.16. The lowest BCUT2D eigenvalue weighted by molar-refractivity contribution is 0.566. The second kappa shape index (κ2) is 3.40. The van der Waals surface area contributed by atoms with Gasteiger partial charge in [0.05, 0.1) is 5.69 Å². The van der Waals surface area contributed by atoms with Gasteiger partial charge >= 0.3 is 0 Å². The molecule has 1 heterocycles. The van der Waals surface area contributed by atoms with E-state index < -0.39 is 5.82 Å². The van der Waals surface area contributed by atoms with Gasteiger partial charge in [0.15, 0.2) is 12.0 Å². The van der Waals surface area contributed by atoms with E-state index in [2.05, 4.69) is 17.2 Å². The van der Waals surface area contributed by atoms with Crippen LogP contribution in [0.25, 0.3) is 0 Å². The highest BCUT2D eigenvalue weighted by Gasteiger charge is 2.13. The van der Waals surface area contributed by atoms with E-state index in [9.17, 15) is 4.39 Å². The summed E-state index contributed by atoms with van der Waals surface area (Å²) in [6.45, 7) is 4.08. The lowest BCUT2D eigenvalue weighted by Crippen LogP contribution is -2.05. The van der Waals surface area contributed by atoms with Gasteiger partial charge in [0.1, 0.15) is 6.54 Å². The zero-order valence-electron chi connectivity index (χ0n) is 7.13. The molecule has 1 aromatic heterocycles. The predicted octanol–water partition coefficient (Wildman–Crippen LogP) is 1.58. The fraction of sp³-hybridized carbons (Fsp3) is 0.444. The van der Waals surface area contributed by atoms with Crippen LogP contribution in [0.3, 0.4) is 0 Å². The van der Waals surface area contributed by atoms with Crippen molar-refractivity contribution < 1.29 is 4.39 Å². The Morgan fingerprint density at radius 2 is 2.42 bits per heavy atom. The molecule has 0 aliphatic rings. The molecule has 0 aromatic carbocycles. The predicted molar refractivity (Wildman–Crippen MR) is 43.9 cm³/mol. The molecule has 0 atom stereocenters. The Kier molecular flexibility index (Phi) is 2.49. The standard InChI is InChI=1S/C9H10FN2/c1-4-5-12-9(7(2)3)8(10)6-11-12/h1,7H,5H2,2-3H3. The quantitative estimate of drug-likeness (QED) is 0.608. The minimum Gasteiger partial charge on any atom is -0.254 e. The Morgan fingerprint density at radius 3 is 2.92 bits per heavy atom. The second-order valence-corrected chi connectivity index (χ2v) is 2.83. The van der Waals surface area contributed by atoms with Crippen LogP contribution in [-0.2, 0) is 6.54 Å². The van der Waals surface area contributed by atoms with Crippen molar-refractivity contribution in [2.45, 2.75) is 26.3 Å². The molecule has 0 unspecified atom stereocenters. The Balaban J connectivity index is 3.05. The number of halogens is 1. The number of terminal acetylenes is 1. The van der Waals surface area contributed by atoms with Gasteiger partial charge < -0.3 is 0 Å². The third-order valence-electron chi connectivity index (χ3n) is 1.56. The normalized spacial score (nSPS) is 10.2. The van der Waals surface area contributed by atoms with E-state index in [0.29, 0.717) is 12.2 Å². The third kappa shape index (κ3) is 1.48. The first kappa shape index (κ1) is 8.79. The second-order valence-electron chi connectivity index (χ2n) is 2.83. The summed E-state index contributed by atoms with van der Waals surface area (Å²) in [4.78, 5) is 0. The summed E-state index contributed by atoms with van der Waals surface area (Å²) in [6.07, 6.45) is 7.35. The number of aromatic nitrogens is 2. The molecule has 12 heavy (non-hydrogen) atoms. The summed E-state index contributed by atoms with van der Waals surface area (Å²) in [5, 5.41) is 3.70. The molecule has 1 aromatic rings. The summed E-state index contributed by atoms with van der Waals surface area (Å²) in [5.74, 6) is 2.08. The van der Waals surface area contributed by atoms with Gasteiger partial charge in [0.2, 0.25) is 0 Å². The molecule has 0 N–H and O–H groups in total. The Bertz CT molecular complexity index is 307. The molecule has 0 amide bonds. The van der Waals surface area contributed by atoms with Crippen LogP contribution in [0.5, 0.6) is 0 Å². The number of hydrogen-bond donors (Lipinski definition) is 0. The van der Waals surface area contributed by atoms with Crippen molar-refractivity contribution in [3.8, 4) is 12.3 Å². The summed E-state index contributed by atoms with van der Waals surface area (Å²) in [6, 6.07) is 0. The van der Waals surface area contributed by atoms with Crippen molar-refractivity contribution in [2.24, 2.45) is 0 Å². The molecule has 63 valence electrons. The van der Waals surface area contributed by atoms with Crippen molar-refractivity contribution in [1.29, 1.82) is 0 Å². The summed E-state index contributed by atoms with van der Waals surface area (Å²) >= 11 is 0. The van der Waals surface area contributed by atoms with Crippen LogP contribution in [0.4, 0.5) is 4.39 Å². The van der Waals surface area contributed by atoms with Crippen molar-refractivity contribution in [2.75, 3.05) is 0 Å². The van der Waals surface area contributed by atoms with Gasteiger partial charge in [-0.3, -0.25) is 4.68 Å². The first-order valence-corrected chi connectivity index (χ1v) is 3.74. The number of rotatable bonds is 2. The molecule has 0 aliphatic heterocycles. The molecule has 1 rings (SSSR count). The van der Waals surface area contributed by atoms with E-state index >= 15 is 0 Å². The van der Waals surface area contributed by atoms with Crippen LogP contribution in [0.2, 0.25) is 0 Å². The van der Waals surface area contributed by atoms with E-state index in [0.717, 1.165) is 0 Å². The van der Waals surface area contributed by atoms with Gasteiger partial charge in [-0.05, 0) is 5.92 Å². The molecule has 0 fully saturated rings. The maximum atomic E-state index is 13.0. The third-order valence-corrected chi connectivity index (χ3v) is 1.56. The molecule has 1 radical (unpaired) electrons. The monoisotopic (exact) mass is 165 g/mol. The molecule has 2 nitrogen and oxygen atoms in total. The molecule has 0 saturated heterocycles. The zero-order valence-corrected chi connectivity index (χ0v) is 7.13. The van der Waals surface area contributed by atoms with Gasteiger partial charge in [-0.2, -0.15) is 5.10 Å². The Labute approximate surface area is 71.4 Å². The molecular formula is C9H10FN2. The smallest absolute Gasteiger partial charge is 0.174 e. The average molecular weight is 165 g/mol. The van der Waals surface area contributed by atoms with Crippen LogP contribution >= 0.6 is 0 Å². The molecule has 3 heteroatoms.